The number of aryl methyl sites for hydroxylation is 1. The van der Waals surface area contributed by atoms with Gasteiger partial charge in [-0.15, -0.1) is 0 Å². The van der Waals surface area contributed by atoms with Crippen molar-refractivity contribution < 1.29 is 4.79 Å². The molecule has 0 heterocycles. The van der Waals surface area contributed by atoms with Crippen LogP contribution in [0.25, 0.3) is 6.08 Å². The molecule has 2 aromatic carbocycles. The van der Waals surface area contributed by atoms with E-state index in [0.717, 1.165) is 21.3 Å². The molecule has 0 bridgehead atoms. The van der Waals surface area contributed by atoms with Crippen LogP contribution in [0.5, 0.6) is 0 Å². The molecule has 0 aromatic heterocycles. The molecule has 0 atom stereocenters. The number of amides is 2. The van der Waals surface area contributed by atoms with Crippen LogP contribution in [0.4, 0.5) is 10.5 Å². The van der Waals surface area contributed by atoms with Gasteiger partial charge in [-0.25, -0.2) is 4.79 Å². The van der Waals surface area contributed by atoms with Crippen molar-refractivity contribution in [3.05, 3.63) is 69.3 Å². The van der Waals surface area contributed by atoms with Gasteiger partial charge in [-0.2, -0.15) is 0 Å². The molecule has 2 N–H and O–H groups in total. The number of hydrogen-bond acceptors (Lipinski definition) is 1. The molecule has 2 amide bonds. The molecule has 2 aromatic rings. The van der Waals surface area contributed by atoms with Gasteiger partial charge in [0.05, 0.1) is 0 Å². The lowest BCUT2D eigenvalue weighted by molar-refractivity contribution is 0.255. The van der Waals surface area contributed by atoms with E-state index < -0.39 is 0 Å². The van der Waals surface area contributed by atoms with Crippen molar-refractivity contribution in [2.75, 3.05) is 5.32 Å². The molecular formula is C16H14BrClN2O. The molecule has 0 fully saturated rings. The number of carbonyl (C=O) groups excluding carboxylic acids is 1. The van der Waals surface area contributed by atoms with Gasteiger partial charge >= 0.3 is 6.03 Å². The lowest BCUT2D eigenvalue weighted by Gasteiger charge is -2.08. The fourth-order valence-corrected chi connectivity index (χ4v) is 2.39. The number of halogens is 2. The zero-order valence-electron chi connectivity index (χ0n) is 11.4. The zero-order valence-corrected chi connectivity index (χ0v) is 13.7. The minimum absolute atomic E-state index is 0.299. The maximum Gasteiger partial charge on any atom is 0.323 e. The third-order valence-corrected chi connectivity index (χ3v) is 3.50. The largest absolute Gasteiger partial charge is 0.323 e. The molecule has 0 saturated carbocycles. The van der Waals surface area contributed by atoms with E-state index in [2.05, 4.69) is 26.6 Å². The van der Waals surface area contributed by atoms with Gasteiger partial charge in [0.15, 0.2) is 0 Å². The van der Waals surface area contributed by atoms with E-state index in [1.807, 2.05) is 37.3 Å². The van der Waals surface area contributed by atoms with E-state index in [9.17, 15) is 4.79 Å². The summed E-state index contributed by atoms with van der Waals surface area (Å²) in [7, 11) is 0. The van der Waals surface area contributed by atoms with Crippen LogP contribution in [0.1, 0.15) is 11.1 Å². The molecule has 0 aliphatic heterocycles. The van der Waals surface area contributed by atoms with Gasteiger partial charge in [0.25, 0.3) is 0 Å². The van der Waals surface area contributed by atoms with E-state index in [-0.39, 0.29) is 6.03 Å². The quantitative estimate of drug-likeness (QED) is 0.771. The van der Waals surface area contributed by atoms with Crippen LogP contribution >= 0.6 is 27.5 Å². The van der Waals surface area contributed by atoms with Gasteiger partial charge in [-0.1, -0.05) is 39.7 Å². The highest BCUT2D eigenvalue weighted by Crippen LogP contribution is 2.19. The smallest absolute Gasteiger partial charge is 0.314 e. The van der Waals surface area contributed by atoms with E-state index in [1.165, 1.54) is 0 Å². The molecular weight excluding hydrogens is 352 g/mol. The van der Waals surface area contributed by atoms with Gasteiger partial charge in [-0.05, 0) is 54.5 Å². The molecule has 0 unspecified atom stereocenters. The van der Waals surface area contributed by atoms with Crippen molar-refractivity contribution >= 4 is 45.3 Å². The van der Waals surface area contributed by atoms with Crippen molar-refractivity contribution in [3.8, 4) is 0 Å². The molecule has 0 aliphatic carbocycles. The minimum Gasteiger partial charge on any atom is -0.314 e. The molecule has 0 radical (unpaired) electrons. The standard InChI is InChI=1S/C16H14BrClN2O/c1-11-9-14(18)5-6-15(11)20-16(21)19-8-7-12-3-2-4-13(17)10-12/h2-10H,1H3,(H2,19,20,21)/b8-7+. The van der Waals surface area contributed by atoms with Crippen LogP contribution in [0, 0.1) is 6.92 Å². The number of carbonyl (C=O) groups is 1. The molecule has 2 rings (SSSR count). The van der Waals surface area contributed by atoms with Crippen LogP contribution in [0.15, 0.2) is 53.1 Å². The Kier molecular flexibility index (Phi) is 5.42. The molecule has 108 valence electrons. The SMILES string of the molecule is Cc1cc(Cl)ccc1NC(=O)N/C=C/c1cccc(Br)c1. The van der Waals surface area contributed by atoms with Gasteiger partial charge in [-0.3, -0.25) is 0 Å². The highest BCUT2D eigenvalue weighted by molar-refractivity contribution is 9.10. The Morgan fingerprint density at radius 1 is 1.24 bits per heavy atom. The lowest BCUT2D eigenvalue weighted by Crippen LogP contribution is -2.24. The third-order valence-electron chi connectivity index (χ3n) is 2.78. The highest BCUT2D eigenvalue weighted by Gasteiger charge is 2.02. The first-order chi connectivity index (χ1) is 10.0. The van der Waals surface area contributed by atoms with Crippen LogP contribution < -0.4 is 10.6 Å². The minimum atomic E-state index is -0.299. The van der Waals surface area contributed by atoms with Crippen molar-refractivity contribution in [1.82, 2.24) is 5.32 Å². The summed E-state index contributed by atoms with van der Waals surface area (Å²) in [6.45, 7) is 1.89. The van der Waals surface area contributed by atoms with E-state index in [0.29, 0.717) is 5.02 Å². The molecule has 0 saturated heterocycles. The second kappa shape index (κ2) is 7.29. The molecule has 5 heteroatoms. The van der Waals surface area contributed by atoms with Crippen molar-refractivity contribution in [1.29, 1.82) is 0 Å². The molecule has 0 spiro atoms. The number of rotatable bonds is 3. The average Bonchev–Trinajstić information content (AvgIpc) is 2.42. The summed E-state index contributed by atoms with van der Waals surface area (Å²) in [6.07, 6.45) is 3.42. The van der Waals surface area contributed by atoms with E-state index in [1.54, 1.807) is 24.4 Å². The highest BCUT2D eigenvalue weighted by atomic mass is 79.9. The Morgan fingerprint density at radius 3 is 2.76 bits per heavy atom. The predicted molar refractivity (Wildman–Crippen MR) is 91.5 cm³/mol. The predicted octanol–water partition coefficient (Wildman–Crippen LogP) is 5.20. The number of nitrogens with one attached hydrogen (secondary N) is 2. The normalized spacial score (nSPS) is 10.6. The van der Waals surface area contributed by atoms with Gasteiger partial charge in [0.2, 0.25) is 0 Å². The molecule has 3 nitrogen and oxygen atoms in total. The number of anilines is 1. The first-order valence-electron chi connectivity index (χ1n) is 6.30. The summed E-state index contributed by atoms with van der Waals surface area (Å²) in [4.78, 5) is 11.8. The van der Waals surface area contributed by atoms with Crippen molar-refractivity contribution in [3.63, 3.8) is 0 Å². The number of urea groups is 1. The van der Waals surface area contributed by atoms with Crippen LogP contribution in [-0.2, 0) is 0 Å². The fraction of sp³-hybridized carbons (Fsp3) is 0.0625. The first kappa shape index (κ1) is 15.6. The van der Waals surface area contributed by atoms with Crippen LogP contribution in [0.3, 0.4) is 0 Å². The van der Waals surface area contributed by atoms with Crippen molar-refractivity contribution in [2.24, 2.45) is 0 Å². The maximum atomic E-state index is 11.8. The van der Waals surface area contributed by atoms with Crippen LogP contribution in [-0.4, -0.2) is 6.03 Å². The average molecular weight is 366 g/mol. The summed E-state index contributed by atoms with van der Waals surface area (Å²) in [6, 6.07) is 12.8. The summed E-state index contributed by atoms with van der Waals surface area (Å²) < 4.78 is 0.992. The third kappa shape index (κ3) is 4.92. The topological polar surface area (TPSA) is 41.1 Å². The maximum absolute atomic E-state index is 11.8. The Bertz CT molecular complexity index is 686. The lowest BCUT2D eigenvalue weighted by atomic mass is 10.2. The van der Waals surface area contributed by atoms with Crippen molar-refractivity contribution in [2.45, 2.75) is 6.92 Å². The summed E-state index contributed by atoms with van der Waals surface area (Å²) in [5.41, 5.74) is 2.63. The van der Waals surface area contributed by atoms with Gasteiger partial charge < -0.3 is 10.6 Å². The van der Waals surface area contributed by atoms with E-state index in [4.69, 9.17) is 11.6 Å². The second-order valence-corrected chi connectivity index (χ2v) is 5.80. The first-order valence-corrected chi connectivity index (χ1v) is 7.47. The second-order valence-electron chi connectivity index (χ2n) is 4.45. The molecule has 0 aliphatic rings. The fourth-order valence-electron chi connectivity index (χ4n) is 1.75. The van der Waals surface area contributed by atoms with Gasteiger partial charge in [0.1, 0.15) is 0 Å². The summed E-state index contributed by atoms with van der Waals surface area (Å²) in [5.74, 6) is 0. The Labute approximate surface area is 137 Å². The number of benzene rings is 2. The molecule has 21 heavy (non-hydrogen) atoms. The van der Waals surface area contributed by atoms with Crippen LogP contribution in [0.2, 0.25) is 5.02 Å². The Balaban J connectivity index is 1.93. The Morgan fingerprint density at radius 2 is 2.05 bits per heavy atom. The number of hydrogen-bond donors (Lipinski definition) is 2. The van der Waals surface area contributed by atoms with Gasteiger partial charge in [0, 0.05) is 21.4 Å². The monoisotopic (exact) mass is 364 g/mol. The summed E-state index contributed by atoms with van der Waals surface area (Å²) in [5, 5.41) is 6.07. The van der Waals surface area contributed by atoms with E-state index >= 15 is 0 Å². The summed E-state index contributed by atoms with van der Waals surface area (Å²) >= 11 is 9.27. The zero-order chi connectivity index (χ0) is 15.2. The Hall–Kier alpha value is -1.78.